The Morgan fingerprint density at radius 1 is 1.03 bits per heavy atom. The average Bonchev–Trinajstić information content (AvgIpc) is 2.76. The number of rotatable bonds is 7. The Morgan fingerprint density at radius 3 is 2.38 bits per heavy atom. The Morgan fingerprint density at radius 2 is 1.72 bits per heavy atom. The summed E-state index contributed by atoms with van der Waals surface area (Å²) in [5, 5.41) is 6.94. The number of ether oxygens (including phenoxy) is 1. The van der Waals surface area contributed by atoms with Crippen molar-refractivity contribution in [1.29, 1.82) is 0 Å². The lowest BCUT2D eigenvalue weighted by Crippen LogP contribution is -2.24. The number of amides is 2. The van der Waals surface area contributed by atoms with Gasteiger partial charge in [0.2, 0.25) is 5.91 Å². The SMILES string of the molecule is CCOc1ccc(/C=N/NC(=O)c2ccc(NC(=O)C3CCCCC3)cc2)cc1. The first-order valence-electron chi connectivity index (χ1n) is 10.1. The van der Waals surface area contributed by atoms with Crippen LogP contribution in [0.4, 0.5) is 5.69 Å². The van der Waals surface area contributed by atoms with Crippen molar-refractivity contribution in [3.05, 3.63) is 59.7 Å². The van der Waals surface area contributed by atoms with Crippen molar-refractivity contribution in [2.45, 2.75) is 39.0 Å². The molecule has 1 aliphatic carbocycles. The van der Waals surface area contributed by atoms with E-state index in [4.69, 9.17) is 4.74 Å². The van der Waals surface area contributed by atoms with Crippen LogP contribution in [0.15, 0.2) is 53.6 Å². The molecule has 3 rings (SSSR count). The molecule has 0 heterocycles. The van der Waals surface area contributed by atoms with E-state index in [0.29, 0.717) is 17.9 Å². The van der Waals surface area contributed by atoms with Crippen molar-refractivity contribution >= 4 is 23.7 Å². The average molecular weight is 393 g/mol. The maximum absolute atomic E-state index is 12.3. The summed E-state index contributed by atoms with van der Waals surface area (Å²) in [6, 6.07) is 14.3. The number of hydrogen-bond acceptors (Lipinski definition) is 4. The zero-order valence-corrected chi connectivity index (χ0v) is 16.7. The molecule has 0 atom stereocenters. The van der Waals surface area contributed by atoms with Crippen LogP contribution in [0.1, 0.15) is 54.9 Å². The summed E-state index contributed by atoms with van der Waals surface area (Å²) in [5.74, 6) is 0.659. The van der Waals surface area contributed by atoms with E-state index in [1.807, 2.05) is 31.2 Å². The summed E-state index contributed by atoms with van der Waals surface area (Å²) in [6.45, 7) is 2.55. The molecule has 0 aliphatic heterocycles. The number of benzene rings is 2. The highest BCUT2D eigenvalue weighted by molar-refractivity contribution is 5.96. The second-order valence-corrected chi connectivity index (χ2v) is 7.10. The van der Waals surface area contributed by atoms with Gasteiger partial charge < -0.3 is 10.1 Å². The van der Waals surface area contributed by atoms with Gasteiger partial charge in [0.05, 0.1) is 12.8 Å². The van der Waals surface area contributed by atoms with Crippen LogP contribution in [0.3, 0.4) is 0 Å². The molecule has 1 aliphatic rings. The highest BCUT2D eigenvalue weighted by Crippen LogP contribution is 2.25. The van der Waals surface area contributed by atoms with Gasteiger partial charge in [0.1, 0.15) is 5.75 Å². The first-order chi connectivity index (χ1) is 14.2. The van der Waals surface area contributed by atoms with E-state index < -0.39 is 0 Å². The van der Waals surface area contributed by atoms with E-state index in [9.17, 15) is 9.59 Å². The number of anilines is 1. The number of carbonyl (C=O) groups excluding carboxylic acids is 2. The third-order valence-electron chi connectivity index (χ3n) is 4.96. The predicted molar refractivity (Wildman–Crippen MR) is 114 cm³/mol. The van der Waals surface area contributed by atoms with Gasteiger partial charge in [-0.05, 0) is 73.9 Å². The maximum atomic E-state index is 12.3. The molecule has 29 heavy (non-hydrogen) atoms. The number of hydrogen-bond donors (Lipinski definition) is 2. The third kappa shape index (κ3) is 6.17. The van der Waals surface area contributed by atoms with Gasteiger partial charge in [-0.3, -0.25) is 9.59 Å². The first-order valence-corrected chi connectivity index (χ1v) is 10.1. The molecule has 1 saturated carbocycles. The van der Waals surface area contributed by atoms with Crippen LogP contribution in [0.2, 0.25) is 0 Å². The monoisotopic (exact) mass is 393 g/mol. The lowest BCUT2D eigenvalue weighted by molar-refractivity contribution is -0.120. The van der Waals surface area contributed by atoms with Crippen molar-refractivity contribution < 1.29 is 14.3 Å². The van der Waals surface area contributed by atoms with E-state index >= 15 is 0 Å². The molecule has 0 radical (unpaired) electrons. The quantitative estimate of drug-likeness (QED) is 0.541. The fourth-order valence-electron chi connectivity index (χ4n) is 3.36. The smallest absolute Gasteiger partial charge is 0.271 e. The zero-order valence-electron chi connectivity index (χ0n) is 16.7. The summed E-state index contributed by atoms with van der Waals surface area (Å²) in [5.41, 5.74) is 4.55. The zero-order chi connectivity index (χ0) is 20.5. The van der Waals surface area contributed by atoms with Crippen LogP contribution < -0.4 is 15.5 Å². The summed E-state index contributed by atoms with van der Waals surface area (Å²) >= 11 is 0. The number of hydrazone groups is 1. The van der Waals surface area contributed by atoms with Gasteiger partial charge >= 0.3 is 0 Å². The van der Waals surface area contributed by atoms with Gasteiger partial charge in [0, 0.05) is 17.2 Å². The fourth-order valence-corrected chi connectivity index (χ4v) is 3.36. The molecule has 0 unspecified atom stereocenters. The second-order valence-electron chi connectivity index (χ2n) is 7.10. The minimum absolute atomic E-state index is 0.0712. The van der Waals surface area contributed by atoms with E-state index in [1.165, 1.54) is 6.42 Å². The minimum atomic E-state index is -0.308. The van der Waals surface area contributed by atoms with Gasteiger partial charge in [0.25, 0.3) is 5.91 Å². The number of carbonyl (C=O) groups is 2. The van der Waals surface area contributed by atoms with Gasteiger partial charge in [-0.25, -0.2) is 5.43 Å². The molecule has 0 aromatic heterocycles. The molecule has 6 nitrogen and oxygen atoms in total. The molecule has 2 aromatic rings. The molecule has 1 fully saturated rings. The van der Waals surface area contributed by atoms with Crippen molar-refractivity contribution in [3.63, 3.8) is 0 Å². The van der Waals surface area contributed by atoms with Gasteiger partial charge in [-0.1, -0.05) is 19.3 Å². The van der Waals surface area contributed by atoms with Crippen LogP contribution in [0, 0.1) is 5.92 Å². The van der Waals surface area contributed by atoms with E-state index in [0.717, 1.165) is 37.0 Å². The molecule has 0 spiro atoms. The Labute approximate surface area is 171 Å². The van der Waals surface area contributed by atoms with Gasteiger partial charge in [-0.2, -0.15) is 5.10 Å². The van der Waals surface area contributed by atoms with E-state index in [1.54, 1.807) is 30.5 Å². The summed E-state index contributed by atoms with van der Waals surface area (Å²) in [4.78, 5) is 24.5. The molecule has 2 amide bonds. The summed E-state index contributed by atoms with van der Waals surface area (Å²) < 4.78 is 5.39. The van der Waals surface area contributed by atoms with Crippen LogP contribution >= 0.6 is 0 Å². The Hall–Kier alpha value is -3.15. The van der Waals surface area contributed by atoms with E-state index in [-0.39, 0.29) is 17.7 Å². The largest absolute Gasteiger partial charge is 0.494 e. The standard InChI is InChI=1S/C23H27N3O3/c1-2-29-21-14-8-17(9-15-21)16-24-26-23(28)19-10-12-20(13-11-19)25-22(27)18-6-4-3-5-7-18/h8-16,18H,2-7H2,1H3,(H,25,27)(H,26,28)/b24-16+. The van der Waals surface area contributed by atoms with Gasteiger partial charge in [0.15, 0.2) is 0 Å². The third-order valence-corrected chi connectivity index (χ3v) is 4.96. The minimum Gasteiger partial charge on any atom is -0.494 e. The molecule has 0 saturated heterocycles. The molecular weight excluding hydrogens is 366 g/mol. The van der Waals surface area contributed by atoms with Crippen molar-refractivity contribution in [1.82, 2.24) is 5.43 Å². The predicted octanol–water partition coefficient (Wildman–Crippen LogP) is 4.37. The normalized spacial score (nSPS) is 14.5. The van der Waals surface area contributed by atoms with Crippen LogP contribution in [0.25, 0.3) is 0 Å². The van der Waals surface area contributed by atoms with Crippen LogP contribution in [-0.2, 0) is 4.79 Å². The van der Waals surface area contributed by atoms with Crippen molar-refractivity contribution in [2.75, 3.05) is 11.9 Å². The van der Waals surface area contributed by atoms with E-state index in [2.05, 4.69) is 15.8 Å². The van der Waals surface area contributed by atoms with Crippen LogP contribution in [-0.4, -0.2) is 24.6 Å². The maximum Gasteiger partial charge on any atom is 0.271 e. The lowest BCUT2D eigenvalue weighted by Gasteiger charge is -2.20. The van der Waals surface area contributed by atoms with Crippen molar-refractivity contribution in [2.24, 2.45) is 11.0 Å². The lowest BCUT2D eigenvalue weighted by atomic mass is 9.88. The molecule has 0 bridgehead atoms. The molecule has 2 N–H and O–H groups in total. The van der Waals surface area contributed by atoms with Crippen LogP contribution in [0.5, 0.6) is 5.75 Å². The Bertz CT molecular complexity index is 839. The fraction of sp³-hybridized carbons (Fsp3) is 0.348. The number of nitrogens with zero attached hydrogens (tertiary/aromatic N) is 1. The molecule has 2 aromatic carbocycles. The topological polar surface area (TPSA) is 79.8 Å². The Balaban J connectivity index is 1.49. The highest BCUT2D eigenvalue weighted by Gasteiger charge is 2.21. The first kappa shape index (κ1) is 20.6. The number of nitrogens with one attached hydrogen (secondary N) is 2. The molecule has 6 heteroatoms. The summed E-state index contributed by atoms with van der Waals surface area (Å²) in [6.07, 6.45) is 6.95. The van der Waals surface area contributed by atoms with Gasteiger partial charge in [-0.15, -0.1) is 0 Å². The molecular formula is C23H27N3O3. The molecule has 152 valence electrons. The second kappa shape index (κ2) is 10.4. The summed E-state index contributed by atoms with van der Waals surface area (Å²) in [7, 11) is 0. The van der Waals surface area contributed by atoms with Crippen molar-refractivity contribution in [3.8, 4) is 5.75 Å². The Kier molecular flexibility index (Phi) is 7.39. The highest BCUT2D eigenvalue weighted by atomic mass is 16.5.